The molecule has 0 aliphatic heterocycles. The van der Waals surface area contributed by atoms with Gasteiger partial charge in [-0.25, -0.2) is 4.98 Å². The predicted octanol–water partition coefficient (Wildman–Crippen LogP) is 3.98. The lowest BCUT2D eigenvalue weighted by Gasteiger charge is -2.10. The van der Waals surface area contributed by atoms with Gasteiger partial charge in [0.1, 0.15) is 0 Å². The van der Waals surface area contributed by atoms with Gasteiger partial charge in [0, 0.05) is 19.3 Å². The SMILES string of the molecule is CCn1cc(C)nc1NCc1cccc2ccccc12. The summed E-state index contributed by atoms with van der Waals surface area (Å²) in [6.07, 6.45) is 2.07. The van der Waals surface area contributed by atoms with E-state index in [9.17, 15) is 0 Å². The fourth-order valence-electron chi connectivity index (χ4n) is 2.55. The highest BCUT2D eigenvalue weighted by molar-refractivity contribution is 5.85. The fraction of sp³-hybridized carbons (Fsp3) is 0.235. The van der Waals surface area contributed by atoms with Crippen molar-refractivity contribution in [2.24, 2.45) is 0 Å². The minimum Gasteiger partial charge on any atom is -0.352 e. The molecular formula is C17H19N3. The van der Waals surface area contributed by atoms with E-state index in [-0.39, 0.29) is 0 Å². The van der Waals surface area contributed by atoms with Gasteiger partial charge in [0.15, 0.2) is 0 Å². The maximum absolute atomic E-state index is 4.53. The molecule has 0 saturated carbocycles. The molecule has 0 atom stereocenters. The molecule has 0 saturated heterocycles. The Morgan fingerprint density at radius 3 is 2.75 bits per heavy atom. The Morgan fingerprint density at radius 1 is 1.10 bits per heavy atom. The van der Waals surface area contributed by atoms with E-state index < -0.39 is 0 Å². The Bertz CT molecular complexity index is 723. The molecule has 0 aliphatic carbocycles. The number of nitrogens with one attached hydrogen (secondary N) is 1. The molecule has 3 heteroatoms. The molecule has 2 aromatic carbocycles. The van der Waals surface area contributed by atoms with Crippen LogP contribution >= 0.6 is 0 Å². The smallest absolute Gasteiger partial charge is 0.203 e. The summed E-state index contributed by atoms with van der Waals surface area (Å²) in [6.45, 7) is 5.87. The highest BCUT2D eigenvalue weighted by Crippen LogP contribution is 2.19. The van der Waals surface area contributed by atoms with Crippen LogP contribution in [0.1, 0.15) is 18.2 Å². The second-order valence-corrected chi connectivity index (χ2v) is 4.98. The molecule has 0 bridgehead atoms. The van der Waals surface area contributed by atoms with Gasteiger partial charge in [0.25, 0.3) is 0 Å². The van der Waals surface area contributed by atoms with E-state index in [1.165, 1.54) is 16.3 Å². The molecule has 3 rings (SSSR count). The standard InChI is InChI=1S/C17H19N3/c1-3-20-12-13(2)19-17(20)18-11-15-9-6-8-14-7-4-5-10-16(14)15/h4-10,12H,3,11H2,1-2H3,(H,18,19). The fourth-order valence-corrected chi connectivity index (χ4v) is 2.55. The van der Waals surface area contributed by atoms with Crippen molar-refractivity contribution in [3.63, 3.8) is 0 Å². The van der Waals surface area contributed by atoms with E-state index in [2.05, 4.69) is 70.5 Å². The van der Waals surface area contributed by atoms with E-state index >= 15 is 0 Å². The lowest BCUT2D eigenvalue weighted by Crippen LogP contribution is -2.06. The van der Waals surface area contributed by atoms with Crippen LogP contribution in [0, 0.1) is 6.92 Å². The summed E-state index contributed by atoms with van der Waals surface area (Å²) in [5.74, 6) is 0.943. The monoisotopic (exact) mass is 265 g/mol. The lowest BCUT2D eigenvalue weighted by atomic mass is 10.0. The van der Waals surface area contributed by atoms with Gasteiger partial charge in [-0.1, -0.05) is 42.5 Å². The van der Waals surface area contributed by atoms with Gasteiger partial charge in [-0.15, -0.1) is 0 Å². The van der Waals surface area contributed by atoms with Crippen LogP contribution in [0.2, 0.25) is 0 Å². The number of anilines is 1. The van der Waals surface area contributed by atoms with Crippen LogP contribution in [0.5, 0.6) is 0 Å². The summed E-state index contributed by atoms with van der Waals surface area (Å²) in [5, 5.41) is 6.02. The molecule has 1 heterocycles. The molecule has 3 aromatic rings. The first kappa shape index (κ1) is 12.7. The Labute approximate surface area is 119 Å². The minimum absolute atomic E-state index is 0.789. The zero-order valence-corrected chi connectivity index (χ0v) is 11.9. The number of hydrogen-bond acceptors (Lipinski definition) is 2. The molecule has 102 valence electrons. The van der Waals surface area contributed by atoms with Crippen LogP contribution in [0.15, 0.2) is 48.7 Å². The Hall–Kier alpha value is -2.29. The van der Waals surface area contributed by atoms with Crippen LogP contribution in [0.4, 0.5) is 5.95 Å². The summed E-state index contributed by atoms with van der Waals surface area (Å²) in [7, 11) is 0. The third kappa shape index (κ3) is 2.39. The summed E-state index contributed by atoms with van der Waals surface area (Å²) in [4.78, 5) is 4.53. The minimum atomic E-state index is 0.789. The molecule has 0 spiro atoms. The molecule has 0 unspecified atom stereocenters. The van der Waals surface area contributed by atoms with Gasteiger partial charge in [-0.2, -0.15) is 0 Å². The summed E-state index contributed by atoms with van der Waals surface area (Å²) >= 11 is 0. The van der Waals surface area contributed by atoms with Crippen LogP contribution in [0.3, 0.4) is 0 Å². The molecule has 0 aliphatic rings. The zero-order chi connectivity index (χ0) is 13.9. The average Bonchev–Trinajstić information content (AvgIpc) is 2.85. The van der Waals surface area contributed by atoms with Gasteiger partial charge in [-0.3, -0.25) is 0 Å². The summed E-state index contributed by atoms with van der Waals surface area (Å²) < 4.78 is 2.14. The second-order valence-electron chi connectivity index (χ2n) is 4.98. The first-order chi connectivity index (χ1) is 9.78. The van der Waals surface area contributed by atoms with Crippen LogP contribution in [-0.4, -0.2) is 9.55 Å². The molecule has 1 N–H and O–H groups in total. The van der Waals surface area contributed by atoms with Gasteiger partial charge < -0.3 is 9.88 Å². The Kier molecular flexibility index (Phi) is 3.42. The van der Waals surface area contributed by atoms with Gasteiger partial charge in [0.2, 0.25) is 5.95 Å². The molecule has 3 nitrogen and oxygen atoms in total. The van der Waals surface area contributed by atoms with Gasteiger partial charge >= 0.3 is 0 Å². The van der Waals surface area contributed by atoms with E-state index in [0.29, 0.717) is 0 Å². The van der Waals surface area contributed by atoms with Crippen LogP contribution < -0.4 is 5.32 Å². The van der Waals surface area contributed by atoms with Crippen molar-refractivity contribution in [1.29, 1.82) is 0 Å². The topological polar surface area (TPSA) is 29.9 Å². The quantitative estimate of drug-likeness (QED) is 0.773. The number of nitrogens with zero attached hydrogens (tertiary/aromatic N) is 2. The average molecular weight is 265 g/mol. The molecular weight excluding hydrogens is 246 g/mol. The predicted molar refractivity (Wildman–Crippen MR) is 83.9 cm³/mol. The number of aryl methyl sites for hydroxylation is 2. The third-order valence-electron chi connectivity index (χ3n) is 3.55. The van der Waals surface area contributed by atoms with Gasteiger partial charge in [0.05, 0.1) is 5.69 Å². The number of hydrogen-bond donors (Lipinski definition) is 1. The number of imidazole rings is 1. The van der Waals surface area contributed by atoms with Crippen molar-refractivity contribution in [3.8, 4) is 0 Å². The van der Waals surface area contributed by atoms with E-state index in [1.54, 1.807) is 0 Å². The molecule has 0 radical (unpaired) electrons. The zero-order valence-electron chi connectivity index (χ0n) is 11.9. The number of benzene rings is 2. The Morgan fingerprint density at radius 2 is 1.90 bits per heavy atom. The summed E-state index contributed by atoms with van der Waals surface area (Å²) in [6, 6.07) is 14.9. The lowest BCUT2D eigenvalue weighted by molar-refractivity contribution is 0.763. The van der Waals surface area contributed by atoms with Crippen LogP contribution in [-0.2, 0) is 13.1 Å². The van der Waals surface area contributed by atoms with E-state index in [1.807, 2.05) is 6.92 Å². The van der Waals surface area contributed by atoms with Crippen molar-refractivity contribution in [3.05, 3.63) is 59.9 Å². The molecule has 20 heavy (non-hydrogen) atoms. The van der Waals surface area contributed by atoms with E-state index in [4.69, 9.17) is 0 Å². The first-order valence-corrected chi connectivity index (χ1v) is 7.02. The maximum Gasteiger partial charge on any atom is 0.203 e. The van der Waals surface area contributed by atoms with E-state index in [0.717, 1.165) is 24.7 Å². The number of aromatic nitrogens is 2. The first-order valence-electron chi connectivity index (χ1n) is 7.02. The summed E-state index contributed by atoms with van der Waals surface area (Å²) in [5.41, 5.74) is 2.35. The number of fused-ring (bicyclic) bond motifs is 1. The van der Waals surface area contributed by atoms with Crippen molar-refractivity contribution in [2.75, 3.05) is 5.32 Å². The third-order valence-corrected chi connectivity index (χ3v) is 3.55. The Balaban J connectivity index is 1.86. The highest BCUT2D eigenvalue weighted by Gasteiger charge is 2.05. The van der Waals surface area contributed by atoms with Crippen molar-refractivity contribution in [1.82, 2.24) is 9.55 Å². The van der Waals surface area contributed by atoms with Crippen LogP contribution in [0.25, 0.3) is 10.8 Å². The van der Waals surface area contributed by atoms with Crippen molar-refractivity contribution < 1.29 is 0 Å². The highest BCUT2D eigenvalue weighted by atomic mass is 15.2. The molecule has 0 fully saturated rings. The van der Waals surface area contributed by atoms with Gasteiger partial charge in [-0.05, 0) is 30.2 Å². The van der Waals surface area contributed by atoms with Crippen molar-refractivity contribution in [2.45, 2.75) is 26.9 Å². The largest absolute Gasteiger partial charge is 0.352 e. The molecule has 1 aromatic heterocycles. The normalized spacial score (nSPS) is 10.9. The van der Waals surface area contributed by atoms with Crippen molar-refractivity contribution >= 4 is 16.7 Å². The molecule has 0 amide bonds. The maximum atomic E-state index is 4.53. The number of rotatable bonds is 4. The second kappa shape index (κ2) is 5.37.